The molecule has 10 rings (SSSR count). The predicted molar refractivity (Wildman–Crippen MR) is 480 cm³/mol. The summed E-state index contributed by atoms with van der Waals surface area (Å²) < 4.78 is 113. The number of nitrogens with zero attached hydrogens (tertiary/aromatic N) is 8. The number of aromatic nitrogens is 1. The molecule has 0 unspecified atom stereocenters. The number of hydrogen-bond donors (Lipinski definition) is 0. The minimum atomic E-state index is -4.81. The van der Waals surface area contributed by atoms with E-state index in [-0.39, 0.29) is 19.5 Å². The van der Waals surface area contributed by atoms with Crippen molar-refractivity contribution in [1.29, 1.82) is 0 Å². The Kier molecular flexibility index (Phi) is 41.9. The zero-order valence-corrected chi connectivity index (χ0v) is 78.9. The van der Waals surface area contributed by atoms with Crippen molar-refractivity contribution in [3.63, 3.8) is 0 Å². The molecule has 0 aliphatic carbocycles. The van der Waals surface area contributed by atoms with Gasteiger partial charge in [-0.2, -0.15) is 0 Å². The summed E-state index contributed by atoms with van der Waals surface area (Å²) in [5.74, 6) is -1.00. The number of benzene rings is 4. The Morgan fingerprint density at radius 2 is 0.429 bits per heavy atom. The summed E-state index contributed by atoms with van der Waals surface area (Å²) in [6.45, 7) is 45.1. The summed E-state index contributed by atoms with van der Waals surface area (Å²) in [6.07, 6.45) is 46.9. The summed E-state index contributed by atoms with van der Waals surface area (Å²) in [5.41, 5.74) is 6.84. The second-order valence-electron chi connectivity index (χ2n) is 32.1. The molecule has 8 bridgehead atoms. The van der Waals surface area contributed by atoms with E-state index in [1.807, 2.05) is 0 Å². The Bertz CT molecular complexity index is 4540. The molecule has 0 atom stereocenters. The number of allylic oxidation sites excluding steroid dienone is 12. The van der Waals surface area contributed by atoms with Gasteiger partial charge < -0.3 is 41.9 Å². The fourth-order valence-corrected chi connectivity index (χ4v) is 17.4. The fourth-order valence-electron chi connectivity index (χ4n) is 16.0. The maximum absolute atomic E-state index is 12.6. The van der Waals surface area contributed by atoms with Crippen LogP contribution < -0.4 is 10.2 Å². The zero-order valence-electron chi connectivity index (χ0n) is 73.5. The topological polar surface area (TPSA) is 272 Å². The van der Waals surface area contributed by atoms with Crippen LogP contribution in [0.3, 0.4) is 0 Å². The number of hydrogen-bond acceptors (Lipinski definition) is 15. The maximum Gasteiger partial charge on any atom is 2.00 e. The number of quaternary nitrogens is 3. The number of rotatable bonds is 44. The summed E-state index contributed by atoms with van der Waals surface area (Å²) in [4.78, 5) is 18.9. The van der Waals surface area contributed by atoms with E-state index in [1.165, 1.54) is 331 Å². The van der Waals surface area contributed by atoms with E-state index in [1.54, 1.807) is 72.9 Å². The summed E-state index contributed by atoms with van der Waals surface area (Å²) in [7, 11) is -14.4. The van der Waals surface area contributed by atoms with Crippen LogP contribution in [0.4, 0.5) is 0 Å². The summed E-state index contributed by atoms with van der Waals surface area (Å²) in [6, 6.07) is 24.7. The molecule has 0 saturated heterocycles. The molecule has 5 aliphatic heterocycles. The Hall–Kier alpha value is -7.41. The van der Waals surface area contributed by atoms with Crippen molar-refractivity contribution < 1.29 is 82.1 Å². The number of aliphatic imine (C=N–C) groups is 4. The van der Waals surface area contributed by atoms with Gasteiger partial charge in [-0.15, -0.1) is 0 Å². The van der Waals surface area contributed by atoms with Gasteiger partial charge in [-0.05, 0) is 208 Å². The van der Waals surface area contributed by atoms with E-state index in [4.69, 9.17) is 20.0 Å². The monoisotopic (exact) mass is 1730 g/mol. The van der Waals surface area contributed by atoms with Gasteiger partial charge in [0.05, 0.1) is 139 Å². The first kappa shape index (κ1) is 100. The third-order valence-electron chi connectivity index (χ3n) is 23.0. The van der Waals surface area contributed by atoms with Gasteiger partial charge in [-0.3, -0.25) is 0 Å². The van der Waals surface area contributed by atoms with Crippen LogP contribution in [0.25, 0.3) is 28.0 Å². The van der Waals surface area contributed by atoms with Crippen molar-refractivity contribution in [2.45, 2.75) is 252 Å². The minimum absolute atomic E-state index is 0. The maximum atomic E-state index is 12.6. The standard InChI is InChI=1S/C48H31N5O11S3.3C16H36N.Zn/c54-43-25-26-44(55)53(43)31-9-1-27(2-10-31)45-35-17-19-37(49-35)46(28-3-11-32(12-4-28)65(56,57)58)39-21-23-41(51-39)48(30-7-15-34(16-8-30)67(62,63)64)42-24-22-40(52-42)47(38-20-18-36(45)50-38)29-5-13-33(14-6-29)66(59,60)61;3*1-5-9-13-17(14-10-6-2,15-11-7-3)16-12-8-4;/h1-26,54-55H,(H,56,57,58)(H,59,60,61)(H,62,63,64);3*5-16H2,1-4H3;/q;3*+1;+2/p-5. The number of unbranched alkanes of at least 4 members (excludes halogenated alkanes) is 12. The van der Waals surface area contributed by atoms with Crippen LogP contribution in [0.2, 0.25) is 0 Å². The van der Waals surface area contributed by atoms with Crippen molar-refractivity contribution in [1.82, 2.24) is 4.57 Å². The molecular weight excluding hydrogens is 1600 g/mol. The van der Waals surface area contributed by atoms with E-state index < -0.39 is 56.8 Å². The summed E-state index contributed by atoms with van der Waals surface area (Å²) >= 11 is 0. The van der Waals surface area contributed by atoms with Crippen molar-refractivity contribution in [3.8, 4) is 17.4 Å². The van der Waals surface area contributed by atoms with Gasteiger partial charge >= 0.3 is 19.5 Å². The first-order chi connectivity index (χ1) is 56.6. The molecular formula is C96H134N8O11S3Zn. The van der Waals surface area contributed by atoms with Crippen LogP contribution in [0.15, 0.2) is 215 Å². The van der Waals surface area contributed by atoms with Crippen LogP contribution in [0.1, 0.15) is 259 Å². The second kappa shape index (κ2) is 49.6. The molecule has 644 valence electrons. The zero-order chi connectivity index (χ0) is 85.9. The molecule has 0 saturated carbocycles. The fraction of sp³-hybridized carbons (Fsp3) is 0.500. The molecule has 23 heteroatoms. The van der Waals surface area contributed by atoms with Gasteiger partial charge in [0.15, 0.2) is 0 Å². The van der Waals surface area contributed by atoms with E-state index in [0.717, 1.165) is 4.57 Å². The molecule has 119 heavy (non-hydrogen) atoms. The van der Waals surface area contributed by atoms with Gasteiger partial charge in [-0.1, -0.05) is 221 Å². The molecule has 0 spiro atoms. The molecule has 5 aromatic rings. The average Bonchev–Trinajstić information content (AvgIpc) is 1.61. The molecule has 0 fully saturated rings. The molecule has 0 amide bonds. The van der Waals surface area contributed by atoms with Crippen LogP contribution in [0, 0.1) is 0 Å². The molecule has 5 aliphatic rings. The van der Waals surface area contributed by atoms with Crippen LogP contribution >= 0.6 is 0 Å². The van der Waals surface area contributed by atoms with Gasteiger partial charge in [0, 0.05) is 28.0 Å². The van der Waals surface area contributed by atoms with Crippen molar-refractivity contribution in [3.05, 3.63) is 203 Å². The first-order valence-corrected chi connectivity index (χ1v) is 48.3. The van der Waals surface area contributed by atoms with E-state index in [0.29, 0.717) is 95.9 Å². The van der Waals surface area contributed by atoms with Crippen LogP contribution in [-0.2, 0) is 49.8 Å². The van der Waals surface area contributed by atoms with Crippen LogP contribution in [0.5, 0.6) is 11.8 Å². The third-order valence-corrected chi connectivity index (χ3v) is 25.5. The van der Waals surface area contributed by atoms with Crippen molar-refractivity contribution in [2.24, 2.45) is 20.0 Å². The molecule has 4 aromatic carbocycles. The molecule has 1 aromatic heterocycles. The van der Waals surface area contributed by atoms with Gasteiger partial charge in [-0.25, -0.2) is 45.2 Å². The van der Waals surface area contributed by atoms with E-state index in [2.05, 4.69) is 83.1 Å². The summed E-state index contributed by atoms with van der Waals surface area (Å²) in [5, 5.41) is 25.1. The quantitative estimate of drug-likeness (QED) is 0.0201. The van der Waals surface area contributed by atoms with Gasteiger partial charge in [0.2, 0.25) is 0 Å². The van der Waals surface area contributed by atoms with Crippen LogP contribution in [-0.4, -0.2) is 158 Å². The average molecular weight is 1740 g/mol. The normalized spacial score (nSPS) is 14.7. The van der Waals surface area contributed by atoms with Gasteiger partial charge in [0.1, 0.15) is 30.4 Å². The molecule has 6 heterocycles. The first-order valence-electron chi connectivity index (χ1n) is 44.1. The Morgan fingerprint density at radius 1 is 0.261 bits per heavy atom. The Labute approximate surface area is 727 Å². The predicted octanol–water partition coefficient (Wildman–Crippen LogP) is 20.3. The molecule has 19 nitrogen and oxygen atoms in total. The Balaban J connectivity index is 0.000000342. The smallest absolute Gasteiger partial charge is 0.860 e. The van der Waals surface area contributed by atoms with E-state index >= 15 is 0 Å². The van der Waals surface area contributed by atoms with Gasteiger partial charge in [0.25, 0.3) is 0 Å². The minimum Gasteiger partial charge on any atom is -0.860 e. The molecule has 0 N–H and O–H groups in total. The SMILES string of the molecule is CCCC[N+](CCCC)(CCCC)CCCC.CCCC[N+](CCCC)(CCCC)CCCC.CCCC[N+](CCCC)(CCCC)CCCC.O=S(=O)([O-])c1ccc(C2=C3C=CC(=N3)C(c3ccc(S(=O)(=O)[O-])cc3)=C3C=CC(=N3)C(c3ccc(S(=O)(=O)[O-])cc3)=C3C=CC(=N3)C(c3ccc(-n4c([O-])ccc4[O-])cc3)=C3C=CC2=N3)cc1.[Zn+2]. The van der Waals surface area contributed by atoms with E-state index in [9.17, 15) is 49.1 Å². The Morgan fingerprint density at radius 3 is 0.588 bits per heavy atom. The second-order valence-corrected chi connectivity index (χ2v) is 36.3. The largest absolute Gasteiger partial charge is 2.00 e. The van der Waals surface area contributed by atoms with Crippen molar-refractivity contribution in [2.75, 3.05) is 78.5 Å². The number of fused-ring (bicyclic) bond motifs is 4. The molecule has 0 radical (unpaired) electrons. The van der Waals surface area contributed by atoms with Crippen molar-refractivity contribution >= 4 is 75.5 Å². The third kappa shape index (κ3) is 29.1.